The number of nitrogens with one attached hydrogen (secondary N) is 2. The number of carbonyl (C=O) groups is 2. The molecule has 3 rings (SSSR count). The van der Waals surface area contributed by atoms with Crippen molar-refractivity contribution in [2.24, 2.45) is 0 Å². The highest BCUT2D eigenvalue weighted by atomic mass is 16.2. The fourth-order valence-corrected chi connectivity index (χ4v) is 2.98. The molecule has 0 bridgehead atoms. The van der Waals surface area contributed by atoms with Crippen LogP contribution in [0, 0.1) is 0 Å². The molecular formula is C23H26N4O2. The van der Waals surface area contributed by atoms with Gasteiger partial charge in [0.15, 0.2) is 0 Å². The highest BCUT2D eigenvalue weighted by Crippen LogP contribution is 2.23. The Morgan fingerprint density at radius 3 is 2.38 bits per heavy atom. The number of rotatable bonds is 5. The molecule has 6 nitrogen and oxygen atoms in total. The van der Waals surface area contributed by atoms with E-state index >= 15 is 0 Å². The van der Waals surface area contributed by atoms with E-state index in [2.05, 4.69) is 60.8 Å². The summed E-state index contributed by atoms with van der Waals surface area (Å²) in [5.41, 5.74) is 3.52. The number of anilines is 2. The minimum Gasteiger partial charge on any atom is -0.326 e. The van der Waals surface area contributed by atoms with Gasteiger partial charge >= 0.3 is 0 Å². The van der Waals surface area contributed by atoms with Crippen LogP contribution in [0.2, 0.25) is 0 Å². The third-order valence-corrected chi connectivity index (χ3v) is 4.56. The highest BCUT2D eigenvalue weighted by molar-refractivity contribution is 6.04. The van der Waals surface area contributed by atoms with Crippen LogP contribution in [-0.4, -0.2) is 21.6 Å². The molecule has 0 saturated heterocycles. The standard InChI is InChI=1S/C23H26N4O2/c1-16(28)25-20-7-5-6-18(14-20)22(29)26-21-12-13-24-27(21)15-17-8-10-19(11-9-17)23(2,3)4/h5-14H,15H2,1-4H3,(H,25,28)(H,26,29). The van der Waals surface area contributed by atoms with Crippen molar-refractivity contribution in [3.05, 3.63) is 77.5 Å². The summed E-state index contributed by atoms with van der Waals surface area (Å²) in [6.45, 7) is 8.54. The molecule has 29 heavy (non-hydrogen) atoms. The van der Waals surface area contributed by atoms with Crippen molar-refractivity contribution in [3.63, 3.8) is 0 Å². The van der Waals surface area contributed by atoms with Crippen LogP contribution in [-0.2, 0) is 16.8 Å². The number of benzene rings is 2. The Kier molecular flexibility index (Phi) is 5.82. The lowest BCUT2D eigenvalue weighted by Gasteiger charge is -2.19. The first-order chi connectivity index (χ1) is 13.7. The molecule has 2 N–H and O–H groups in total. The molecule has 0 aliphatic carbocycles. The highest BCUT2D eigenvalue weighted by Gasteiger charge is 2.14. The molecule has 6 heteroatoms. The van der Waals surface area contributed by atoms with Gasteiger partial charge in [-0.25, -0.2) is 4.68 Å². The minimum absolute atomic E-state index is 0.106. The molecule has 0 spiro atoms. The topological polar surface area (TPSA) is 76.0 Å². The van der Waals surface area contributed by atoms with Crippen LogP contribution in [0.5, 0.6) is 0 Å². The molecule has 0 aliphatic heterocycles. The summed E-state index contributed by atoms with van der Waals surface area (Å²) >= 11 is 0. The van der Waals surface area contributed by atoms with Crippen LogP contribution in [0.3, 0.4) is 0 Å². The van der Waals surface area contributed by atoms with E-state index in [0.717, 1.165) is 5.56 Å². The quantitative estimate of drug-likeness (QED) is 0.676. The first-order valence-corrected chi connectivity index (χ1v) is 9.52. The van der Waals surface area contributed by atoms with Crippen LogP contribution in [0.1, 0.15) is 49.2 Å². The van der Waals surface area contributed by atoms with Crippen molar-refractivity contribution >= 4 is 23.3 Å². The molecule has 3 aromatic rings. The normalized spacial score (nSPS) is 11.2. The van der Waals surface area contributed by atoms with Gasteiger partial charge in [0.05, 0.1) is 12.7 Å². The second kappa shape index (κ2) is 8.31. The molecule has 2 aromatic carbocycles. The largest absolute Gasteiger partial charge is 0.326 e. The van der Waals surface area contributed by atoms with Crippen molar-refractivity contribution in [2.75, 3.05) is 10.6 Å². The van der Waals surface area contributed by atoms with E-state index in [0.29, 0.717) is 23.6 Å². The maximum absolute atomic E-state index is 12.6. The first kappa shape index (κ1) is 20.3. The predicted molar refractivity (Wildman–Crippen MR) is 115 cm³/mol. The Hall–Kier alpha value is -3.41. The fourth-order valence-electron chi connectivity index (χ4n) is 2.98. The average molecular weight is 390 g/mol. The monoisotopic (exact) mass is 390 g/mol. The summed E-state index contributed by atoms with van der Waals surface area (Å²) in [4.78, 5) is 23.9. The van der Waals surface area contributed by atoms with Gasteiger partial charge in [0, 0.05) is 24.2 Å². The maximum atomic E-state index is 12.6. The van der Waals surface area contributed by atoms with Crippen molar-refractivity contribution in [2.45, 2.75) is 39.7 Å². The summed E-state index contributed by atoms with van der Waals surface area (Å²) in [5.74, 6) is 0.167. The Morgan fingerprint density at radius 1 is 1.00 bits per heavy atom. The average Bonchev–Trinajstić information content (AvgIpc) is 3.07. The van der Waals surface area contributed by atoms with Crippen molar-refractivity contribution in [1.82, 2.24) is 9.78 Å². The smallest absolute Gasteiger partial charge is 0.256 e. The minimum atomic E-state index is -0.262. The zero-order valence-electron chi connectivity index (χ0n) is 17.2. The number of hydrogen-bond donors (Lipinski definition) is 2. The molecule has 0 saturated carbocycles. The first-order valence-electron chi connectivity index (χ1n) is 9.52. The van der Waals surface area contributed by atoms with E-state index in [1.54, 1.807) is 41.2 Å². The second-order valence-electron chi connectivity index (χ2n) is 8.04. The Bertz CT molecular complexity index is 1010. The molecule has 0 atom stereocenters. The third-order valence-electron chi connectivity index (χ3n) is 4.56. The zero-order valence-corrected chi connectivity index (χ0v) is 17.2. The van der Waals surface area contributed by atoms with E-state index < -0.39 is 0 Å². The van der Waals surface area contributed by atoms with E-state index in [9.17, 15) is 9.59 Å². The number of carbonyl (C=O) groups excluding carboxylic acids is 2. The lowest BCUT2D eigenvalue weighted by molar-refractivity contribution is -0.114. The molecule has 2 amide bonds. The summed E-state index contributed by atoms with van der Waals surface area (Å²) in [5, 5.41) is 9.90. The Balaban J connectivity index is 1.72. The SMILES string of the molecule is CC(=O)Nc1cccc(C(=O)Nc2ccnn2Cc2ccc(C(C)(C)C)cc2)c1. The summed E-state index contributed by atoms with van der Waals surface area (Å²) < 4.78 is 1.75. The molecule has 1 aromatic heterocycles. The molecule has 0 radical (unpaired) electrons. The lowest BCUT2D eigenvalue weighted by Crippen LogP contribution is -2.17. The molecule has 1 heterocycles. The molecule has 150 valence electrons. The molecule has 0 unspecified atom stereocenters. The van der Waals surface area contributed by atoms with Gasteiger partial charge in [-0.05, 0) is 34.7 Å². The maximum Gasteiger partial charge on any atom is 0.256 e. The summed E-state index contributed by atoms with van der Waals surface area (Å²) in [6.07, 6.45) is 1.66. The van der Waals surface area contributed by atoms with Crippen LogP contribution in [0.25, 0.3) is 0 Å². The predicted octanol–water partition coefficient (Wildman–Crippen LogP) is 4.44. The van der Waals surface area contributed by atoms with Gasteiger partial charge in [-0.15, -0.1) is 0 Å². The fraction of sp³-hybridized carbons (Fsp3) is 0.261. The van der Waals surface area contributed by atoms with Crippen molar-refractivity contribution < 1.29 is 9.59 Å². The number of nitrogens with zero attached hydrogens (tertiary/aromatic N) is 2. The van der Waals surface area contributed by atoms with Crippen LogP contribution in [0.15, 0.2) is 60.8 Å². The third kappa shape index (κ3) is 5.31. The van der Waals surface area contributed by atoms with E-state index in [1.807, 2.05) is 0 Å². The number of amides is 2. The van der Waals surface area contributed by atoms with E-state index in [4.69, 9.17) is 0 Å². The second-order valence-corrected chi connectivity index (χ2v) is 8.04. The summed E-state index contributed by atoms with van der Waals surface area (Å²) in [6, 6.07) is 17.0. The molecule has 0 fully saturated rings. The number of aromatic nitrogens is 2. The van der Waals surface area contributed by atoms with Gasteiger partial charge in [0.25, 0.3) is 5.91 Å². The van der Waals surface area contributed by atoms with Crippen molar-refractivity contribution in [1.29, 1.82) is 0 Å². The van der Waals surface area contributed by atoms with Gasteiger partial charge in [-0.1, -0.05) is 51.1 Å². The lowest BCUT2D eigenvalue weighted by atomic mass is 9.87. The van der Waals surface area contributed by atoms with Gasteiger partial charge in [-0.2, -0.15) is 5.10 Å². The van der Waals surface area contributed by atoms with E-state index in [-0.39, 0.29) is 17.2 Å². The zero-order chi connectivity index (χ0) is 21.0. The van der Waals surface area contributed by atoms with E-state index in [1.165, 1.54) is 12.5 Å². The summed E-state index contributed by atoms with van der Waals surface area (Å²) in [7, 11) is 0. The van der Waals surface area contributed by atoms with Gasteiger partial charge < -0.3 is 10.6 Å². The van der Waals surface area contributed by atoms with Crippen molar-refractivity contribution in [3.8, 4) is 0 Å². The Labute approximate surface area is 170 Å². The van der Waals surface area contributed by atoms with Crippen LogP contribution < -0.4 is 10.6 Å². The van der Waals surface area contributed by atoms with Gasteiger partial charge in [-0.3, -0.25) is 9.59 Å². The number of hydrogen-bond acceptors (Lipinski definition) is 3. The van der Waals surface area contributed by atoms with Crippen LogP contribution >= 0.6 is 0 Å². The van der Waals surface area contributed by atoms with Crippen LogP contribution in [0.4, 0.5) is 11.5 Å². The van der Waals surface area contributed by atoms with Gasteiger partial charge in [0.1, 0.15) is 5.82 Å². The molecular weight excluding hydrogens is 364 g/mol. The van der Waals surface area contributed by atoms with Gasteiger partial charge in [0.2, 0.25) is 5.91 Å². The Morgan fingerprint density at radius 2 is 1.72 bits per heavy atom. The molecule has 0 aliphatic rings.